The maximum Gasteiger partial charge on any atom is 0.127 e. The van der Waals surface area contributed by atoms with Crippen molar-refractivity contribution in [3.8, 4) is 11.5 Å². The highest BCUT2D eigenvalue weighted by molar-refractivity contribution is 7.99. The molecule has 5 heteroatoms. The van der Waals surface area contributed by atoms with E-state index in [-0.39, 0.29) is 6.04 Å². The molecule has 0 radical (unpaired) electrons. The molecule has 0 aliphatic carbocycles. The van der Waals surface area contributed by atoms with Gasteiger partial charge in [-0.2, -0.15) is 11.8 Å². The molecule has 0 spiro atoms. The first-order valence-electron chi connectivity index (χ1n) is 6.54. The highest BCUT2D eigenvalue weighted by Crippen LogP contribution is 2.33. The molecule has 1 saturated heterocycles. The molecule has 19 heavy (non-hydrogen) atoms. The van der Waals surface area contributed by atoms with Crippen LogP contribution in [0, 0.1) is 0 Å². The Labute approximate surface area is 119 Å². The molecule has 1 aromatic carbocycles. The van der Waals surface area contributed by atoms with E-state index in [1.807, 2.05) is 23.9 Å². The van der Waals surface area contributed by atoms with Gasteiger partial charge in [-0.3, -0.25) is 4.90 Å². The van der Waals surface area contributed by atoms with E-state index in [2.05, 4.69) is 11.0 Å². The van der Waals surface area contributed by atoms with Gasteiger partial charge in [0.15, 0.2) is 0 Å². The number of benzene rings is 1. The van der Waals surface area contributed by atoms with Crippen LogP contribution in [0.2, 0.25) is 0 Å². The normalized spacial score (nSPS) is 18.1. The number of thioether (sulfide) groups is 1. The average molecular weight is 282 g/mol. The average Bonchev–Trinajstić information content (AvgIpc) is 2.49. The highest BCUT2D eigenvalue weighted by Gasteiger charge is 2.24. The third-order valence-electron chi connectivity index (χ3n) is 3.51. The minimum absolute atomic E-state index is 0.224. The zero-order valence-electron chi connectivity index (χ0n) is 11.6. The number of nitrogens with two attached hydrogens (primary N) is 1. The molecule has 0 amide bonds. The number of ether oxygens (including phenoxy) is 2. The van der Waals surface area contributed by atoms with Crippen LogP contribution in [0.3, 0.4) is 0 Å². The zero-order chi connectivity index (χ0) is 13.7. The van der Waals surface area contributed by atoms with Gasteiger partial charge in [0, 0.05) is 42.8 Å². The van der Waals surface area contributed by atoms with Crippen molar-refractivity contribution in [3.05, 3.63) is 23.8 Å². The lowest BCUT2D eigenvalue weighted by molar-refractivity contribution is 0.218. The second-order valence-electron chi connectivity index (χ2n) is 4.51. The summed E-state index contributed by atoms with van der Waals surface area (Å²) in [6.07, 6.45) is 0. The van der Waals surface area contributed by atoms with Crippen LogP contribution in [0.1, 0.15) is 11.6 Å². The summed E-state index contributed by atoms with van der Waals surface area (Å²) in [6.45, 7) is 2.77. The Kier molecular flexibility index (Phi) is 5.36. The number of hydrogen-bond acceptors (Lipinski definition) is 5. The molecule has 1 aliphatic rings. The van der Waals surface area contributed by atoms with Gasteiger partial charge in [0.25, 0.3) is 0 Å². The molecule has 0 bridgehead atoms. The smallest absolute Gasteiger partial charge is 0.127 e. The molecule has 1 heterocycles. The lowest BCUT2D eigenvalue weighted by Crippen LogP contribution is -2.39. The van der Waals surface area contributed by atoms with Crippen LogP contribution < -0.4 is 15.2 Å². The number of methoxy groups -OCH3 is 2. The minimum atomic E-state index is 0.224. The molecule has 1 aromatic rings. The van der Waals surface area contributed by atoms with E-state index in [9.17, 15) is 0 Å². The fourth-order valence-corrected chi connectivity index (χ4v) is 3.39. The van der Waals surface area contributed by atoms with Crippen molar-refractivity contribution in [3.63, 3.8) is 0 Å². The third kappa shape index (κ3) is 3.35. The number of rotatable bonds is 5. The standard InChI is InChI=1S/C14H22N2O2S/c1-17-11-3-4-12(14(9-11)18-2)13(10-15)16-5-7-19-8-6-16/h3-4,9,13H,5-8,10,15H2,1-2H3. The van der Waals surface area contributed by atoms with Gasteiger partial charge >= 0.3 is 0 Å². The Balaban J connectivity index is 2.26. The van der Waals surface area contributed by atoms with E-state index < -0.39 is 0 Å². The van der Waals surface area contributed by atoms with Crippen LogP contribution >= 0.6 is 11.8 Å². The van der Waals surface area contributed by atoms with Gasteiger partial charge in [0.1, 0.15) is 11.5 Å². The molecule has 1 aliphatic heterocycles. The van der Waals surface area contributed by atoms with Gasteiger partial charge in [-0.15, -0.1) is 0 Å². The maximum absolute atomic E-state index is 5.99. The van der Waals surface area contributed by atoms with Gasteiger partial charge in [0.2, 0.25) is 0 Å². The van der Waals surface area contributed by atoms with Crippen molar-refractivity contribution in [2.75, 3.05) is 45.4 Å². The van der Waals surface area contributed by atoms with Crippen LogP contribution in [-0.4, -0.2) is 50.3 Å². The van der Waals surface area contributed by atoms with Crippen LogP contribution in [0.4, 0.5) is 0 Å². The van der Waals surface area contributed by atoms with E-state index in [1.54, 1.807) is 14.2 Å². The predicted octanol–water partition coefficient (Wildman–Crippen LogP) is 1.75. The molecule has 0 aromatic heterocycles. The van der Waals surface area contributed by atoms with Gasteiger partial charge < -0.3 is 15.2 Å². The monoisotopic (exact) mass is 282 g/mol. The van der Waals surface area contributed by atoms with E-state index in [4.69, 9.17) is 15.2 Å². The van der Waals surface area contributed by atoms with Gasteiger partial charge in [-0.05, 0) is 6.07 Å². The summed E-state index contributed by atoms with van der Waals surface area (Å²) in [6, 6.07) is 6.19. The molecule has 1 unspecified atom stereocenters. The lowest BCUT2D eigenvalue weighted by atomic mass is 10.0. The topological polar surface area (TPSA) is 47.7 Å². The van der Waals surface area contributed by atoms with Crippen LogP contribution in [0.25, 0.3) is 0 Å². The first kappa shape index (κ1) is 14.5. The summed E-state index contributed by atoms with van der Waals surface area (Å²) in [5.74, 6) is 4.02. The quantitative estimate of drug-likeness (QED) is 0.891. The van der Waals surface area contributed by atoms with E-state index in [1.165, 1.54) is 11.5 Å². The summed E-state index contributed by atoms with van der Waals surface area (Å²) in [5.41, 5.74) is 7.15. The van der Waals surface area contributed by atoms with Crippen molar-refractivity contribution in [1.29, 1.82) is 0 Å². The largest absolute Gasteiger partial charge is 0.497 e. The van der Waals surface area contributed by atoms with Crippen molar-refractivity contribution in [2.24, 2.45) is 5.73 Å². The minimum Gasteiger partial charge on any atom is -0.497 e. The first-order valence-corrected chi connectivity index (χ1v) is 7.69. The predicted molar refractivity (Wildman–Crippen MR) is 80.2 cm³/mol. The molecule has 106 valence electrons. The molecular formula is C14H22N2O2S. The third-order valence-corrected chi connectivity index (χ3v) is 4.45. The van der Waals surface area contributed by atoms with E-state index in [0.29, 0.717) is 6.54 Å². The SMILES string of the molecule is COc1ccc(C(CN)N2CCSCC2)c(OC)c1. The summed E-state index contributed by atoms with van der Waals surface area (Å²) in [4.78, 5) is 2.45. The van der Waals surface area contributed by atoms with Crippen molar-refractivity contribution in [1.82, 2.24) is 4.90 Å². The fourth-order valence-electron chi connectivity index (χ4n) is 2.46. The van der Waals surface area contributed by atoms with Crippen LogP contribution in [0.5, 0.6) is 11.5 Å². The maximum atomic E-state index is 5.99. The van der Waals surface area contributed by atoms with E-state index in [0.717, 1.165) is 30.2 Å². The summed E-state index contributed by atoms with van der Waals surface area (Å²) < 4.78 is 10.7. The van der Waals surface area contributed by atoms with Crippen molar-refractivity contribution in [2.45, 2.75) is 6.04 Å². The second-order valence-corrected chi connectivity index (χ2v) is 5.73. The van der Waals surface area contributed by atoms with E-state index >= 15 is 0 Å². The van der Waals surface area contributed by atoms with Gasteiger partial charge in [-0.1, -0.05) is 6.07 Å². The molecule has 1 fully saturated rings. The van der Waals surface area contributed by atoms with Gasteiger partial charge in [0.05, 0.1) is 20.3 Å². The summed E-state index contributed by atoms with van der Waals surface area (Å²) >= 11 is 2.00. The Morgan fingerprint density at radius 3 is 2.58 bits per heavy atom. The first-order chi connectivity index (χ1) is 9.30. The summed E-state index contributed by atoms with van der Waals surface area (Å²) in [7, 11) is 3.36. The zero-order valence-corrected chi connectivity index (χ0v) is 12.4. The Morgan fingerprint density at radius 1 is 1.26 bits per heavy atom. The molecule has 2 rings (SSSR count). The number of nitrogens with zero attached hydrogens (tertiary/aromatic N) is 1. The van der Waals surface area contributed by atoms with Crippen molar-refractivity contribution >= 4 is 11.8 Å². The Morgan fingerprint density at radius 2 is 2.00 bits per heavy atom. The highest BCUT2D eigenvalue weighted by atomic mass is 32.2. The van der Waals surface area contributed by atoms with Crippen molar-refractivity contribution < 1.29 is 9.47 Å². The second kappa shape index (κ2) is 7.03. The Bertz CT molecular complexity index is 408. The van der Waals surface area contributed by atoms with Crippen LogP contribution in [0.15, 0.2) is 18.2 Å². The molecule has 1 atom stereocenters. The molecular weight excluding hydrogens is 260 g/mol. The fraction of sp³-hybridized carbons (Fsp3) is 0.571. The molecule has 2 N–H and O–H groups in total. The Hall–Kier alpha value is -0.910. The van der Waals surface area contributed by atoms with Crippen LogP contribution in [-0.2, 0) is 0 Å². The number of hydrogen-bond donors (Lipinski definition) is 1. The molecule has 0 saturated carbocycles. The summed E-state index contributed by atoms with van der Waals surface area (Å²) in [5, 5.41) is 0. The van der Waals surface area contributed by atoms with Gasteiger partial charge in [-0.25, -0.2) is 0 Å². The molecule has 4 nitrogen and oxygen atoms in total. The lowest BCUT2D eigenvalue weighted by Gasteiger charge is -2.34.